The molecule has 1 unspecified atom stereocenters. The number of carbonyl (C=O) groups is 1. The predicted octanol–water partition coefficient (Wildman–Crippen LogP) is 2.45. The average Bonchev–Trinajstić information content (AvgIpc) is 2.80. The zero-order valence-corrected chi connectivity index (χ0v) is 17.6. The number of hydrogen-bond donors (Lipinski definition) is 3. The summed E-state index contributed by atoms with van der Waals surface area (Å²) in [4.78, 5) is 27.6. The Hall–Kier alpha value is -3.79. The summed E-state index contributed by atoms with van der Waals surface area (Å²) < 4.78 is 19.5. The van der Waals surface area contributed by atoms with Gasteiger partial charge in [-0.3, -0.25) is 9.78 Å². The van der Waals surface area contributed by atoms with Crippen molar-refractivity contribution >= 4 is 23.0 Å². The van der Waals surface area contributed by atoms with Gasteiger partial charge in [-0.2, -0.15) is 0 Å². The molecule has 10 heteroatoms. The molecule has 1 amide bonds. The molecule has 1 saturated heterocycles. The Morgan fingerprint density at radius 3 is 2.94 bits per heavy atom. The van der Waals surface area contributed by atoms with Gasteiger partial charge in [0.2, 0.25) is 0 Å². The van der Waals surface area contributed by atoms with E-state index in [1.54, 1.807) is 12.4 Å². The van der Waals surface area contributed by atoms with Crippen LogP contribution in [0.25, 0.3) is 11.4 Å². The molecule has 3 aromatic rings. The van der Waals surface area contributed by atoms with Crippen LogP contribution in [-0.2, 0) is 0 Å². The van der Waals surface area contributed by atoms with Gasteiger partial charge in [-0.1, -0.05) is 0 Å². The number of ether oxygens (including phenoxy) is 1. The third-order valence-corrected chi connectivity index (χ3v) is 5.29. The first-order valence-corrected chi connectivity index (χ1v) is 10.2. The van der Waals surface area contributed by atoms with E-state index in [1.807, 2.05) is 6.07 Å². The van der Waals surface area contributed by atoms with Crippen molar-refractivity contribution in [2.45, 2.75) is 18.9 Å². The summed E-state index contributed by atoms with van der Waals surface area (Å²) in [5.41, 5.74) is 13.5. The molecule has 2 aromatic heterocycles. The van der Waals surface area contributed by atoms with Crippen LogP contribution in [0.1, 0.15) is 23.3 Å². The van der Waals surface area contributed by atoms with E-state index in [-0.39, 0.29) is 28.8 Å². The third-order valence-electron chi connectivity index (χ3n) is 5.29. The molecular formula is C22H24FN7O2. The van der Waals surface area contributed by atoms with Gasteiger partial charge >= 0.3 is 0 Å². The van der Waals surface area contributed by atoms with Crippen molar-refractivity contribution in [3.63, 3.8) is 0 Å². The number of aromatic nitrogens is 3. The summed E-state index contributed by atoms with van der Waals surface area (Å²) in [6.07, 6.45) is 6.43. The van der Waals surface area contributed by atoms with E-state index in [0.717, 1.165) is 25.1 Å². The number of methoxy groups -OCH3 is 1. The van der Waals surface area contributed by atoms with Crippen LogP contribution in [0.2, 0.25) is 0 Å². The van der Waals surface area contributed by atoms with Crippen LogP contribution in [0, 0.1) is 5.82 Å². The molecule has 4 rings (SSSR count). The molecule has 1 aliphatic rings. The number of pyridine rings is 1. The van der Waals surface area contributed by atoms with Crippen LogP contribution in [-0.4, -0.2) is 47.1 Å². The van der Waals surface area contributed by atoms with Gasteiger partial charge in [-0.05, 0) is 37.1 Å². The molecule has 0 bridgehead atoms. The van der Waals surface area contributed by atoms with Crippen molar-refractivity contribution in [3.05, 3.63) is 54.4 Å². The number of nitrogens with zero attached hydrogens (tertiary/aromatic N) is 4. The number of rotatable bonds is 5. The number of halogens is 1. The minimum Gasteiger partial charge on any atom is -0.497 e. The van der Waals surface area contributed by atoms with Gasteiger partial charge < -0.3 is 26.4 Å². The van der Waals surface area contributed by atoms with Crippen LogP contribution in [0.5, 0.6) is 5.75 Å². The molecule has 1 aliphatic heterocycles. The first-order chi connectivity index (χ1) is 15.5. The summed E-state index contributed by atoms with van der Waals surface area (Å²) in [5.74, 6) is -0.635. The summed E-state index contributed by atoms with van der Waals surface area (Å²) >= 11 is 0. The summed E-state index contributed by atoms with van der Waals surface area (Å²) in [7, 11) is 1.47. The Labute approximate surface area is 184 Å². The Bertz CT molecular complexity index is 1140. The molecular weight excluding hydrogens is 413 g/mol. The molecule has 9 nitrogen and oxygen atoms in total. The number of hydrogen-bond acceptors (Lipinski definition) is 8. The third kappa shape index (κ3) is 4.45. The lowest BCUT2D eigenvalue weighted by atomic mass is 10.1. The molecule has 1 fully saturated rings. The van der Waals surface area contributed by atoms with E-state index in [0.29, 0.717) is 18.0 Å². The lowest BCUT2D eigenvalue weighted by molar-refractivity contribution is 0.102. The number of anilines is 3. The van der Waals surface area contributed by atoms with Gasteiger partial charge in [-0.25, -0.2) is 14.4 Å². The molecule has 1 atom stereocenters. The number of amides is 1. The Morgan fingerprint density at radius 1 is 1.31 bits per heavy atom. The van der Waals surface area contributed by atoms with Crippen molar-refractivity contribution < 1.29 is 13.9 Å². The van der Waals surface area contributed by atoms with Crippen molar-refractivity contribution in [1.82, 2.24) is 15.0 Å². The molecule has 5 N–H and O–H groups in total. The SMILES string of the molecule is COc1ccc(F)c(-c2ncc(N)c(C(=O)Nc3cnccc3N3CCCC(N)C3)n2)c1. The smallest absolute Gasteiger partial charge is 0.276 e. The molecule has 0 spiro atoms. The number of nitrogens with one attached hydrogen (secondary N) is 1. The van der Waals surface area contributed by atoms with Crippen molar-refractivity contribution in [3.8, 4) is 17.1 Å². The van der Waals surface area contributed by atoms with Crippen molar-refractivity contribution in [2.75, 3.05) is 36.1 Å². The van der Waals surface area contributed by atoms with Gasteiger partial charge in [0.15, 0.2) is 11.5 Å². The molecule has 166 valence electrons. The highest BCUT2D eigenvalue weighted by Gasteiger charge is 2.22. The maximum Gasteiger partial charge on any atom is 0.276 e. The Kier molecular flexibility index (Phi) is 6.13. The second kappa shape index (κ2) is 9.15. The van der Waals surface area contributed by atoms with E-state index in [9.17, 15) is 9.18 Å². The minimum absolute atomic E-state index is 0.0224. The number of benzene rings is 1. The van der Waals surface area contributed by atoms with Gasteiger partial charge in [-0.15, -0.1) is 0 Å². The predicted molar refractivity (Wildman–Crippen MR) is 120 cm³/mol. The number of nitrogen functional groups attached to an aromatic ring is 1. The fraction of sp³-hybridized carbons (Fsp3) is 0.273. The first kappa shape index (κ1) is 21.4. The Balaban J connectivity index is 1.63. The average molecular weight is 437 g/mol. The highest BCUT2D eigenvalue weighted by molar-refractivity contribution is 6.07. The van der Waals surface area contributed by atoms with Gasteiger partial charge in [0, 0.05) is 25.3 Å². The molecule has 0 radical (unpaired) electrons. The van der Waals surface area contributed by atoms with Crippen LogP contribution in [0.3, 0.4) is 0 Å². The van der Waals surface area contributed by atoms with E-state index in [4.69, 9.17) is 16.2 Å². The highest BCUT2D eigenvalue weighted by Crippen LogP contribution is 2.29. The fourth-order valence-electron chi connectivity index (χ4n) is 3.67. The summed E-state index contributed by atoms with van der Waals surface area (Å²) in [6.45, 7) is 1.51. The highest BCUT2D eigenvalue weighted by atomic mass is 19.1. The number of nitrogens with two attached hydrogens (primary N) is 2. The quantitative estimate of drug-likeness (QED) is 0.554. The van der Waals surface area contributed by atoms with Gasteiger partial charge in [0.1, 0.15) is 11.6 Å². The topological polar surface area (TPSA) is 132 Å². The first-order valence-electron chi connectivity index (χ1n) is 10.2. The second-order valence-electron chi connectivity index (χ2n) is 7.54. The normalized spacial score (nSPS) is 16.0. The van der Waals surface area contributed by atoms with Crippen molar-refractivity contribution in [1.29, 1.82) is 0 Å². The second-order valence-corrected chi connectivity index (χ2v) is 7.54. The minimum atomic E-state index is -0.551. The van der Waals surface area contributed by atoms with Gasteiger partial charge in [0.25, 0.3) is 5.91 Å². The summed E-state index contributed by atoms with van der Waals surface area (Å²) in [5, 5.41) is 2.82. The standard InChI is InChI=1S/C22H24FN7O2/c1-32-14-4-5-16(23)15(9-14)21-27-10-17(25)20(29-21)22(31)28-18-11-26-7-6-19(18)30-8-2-3-13(24)12-30/h4-7,9-11,13H,2-3,8,12,24-25H2,1H3,(H,28,31). The number of carbonyl (C=O) groups excluding carboxylic acids is 1. The zero-order chi connectivity index (χ0) is 22.7. The number of piperidine rings is 1. The molecule has 3 heterocycles. The van der Waals surface area contributed by atoms with E-state index < -0.39 is 11.7 Å². The monoisotopic (exact) mass is 437 g/mol. The molecule has 32 heavy (non-hydrogen) atoms. The van der Waals surface area contributed by atoms with E-state index in [2.05, 4.69) is 25.2 Å². The molecule has 0 saturated carbocycles. The van der Waals surface area contributed by atoms with Crippen LogP contribution in [0.15, 0.2) is 42.9 Å². The van der Waals surface area contributed by atoms with Crippen LogP contribution < -0.4 is 26.4 Å². The van der Waals surface area contributed by atoms with Crippen molar-refractivity contribution in [2.24, 2.45) is 5.73 Å². The largest absolute Gasteiger partial charge is 0.497 e. The van der Waals surface area contributed by atoms with E-state index >= 15 is 0 Å². The lowest BCUT2D eigenvalue weighted by Crippen LogP contribution is -2.43. The van der Waals surface area contributed by atoms with Crippen LogP contribution >= 0.6 is 0 Å². The summed E-state index contributed by atoms with van der Waals surface area (Å²) in [6, 6.07) is 6.09. The Morgan fingerprint density at radius 2 is 2.16 bits per heavy atom. The molecule has 0 aliphatic carbocycles. The fourth-order valence-corrected chi connectivity index (χ4v) is 3.67. The van der Waals surface area contributed by atoms with Gasteiger partial charge in [0.05, 0.1) is 42.1 Å². The zero-order valence-electron chi connectivity index (χ0n) is 17.6. The molecule has 1 aromatic carbocycles. The van der Waals surface area contributed by atoms with Crippen LogP contribution in [0.4, 0.5) is 21.5 Å². The lowest BCUT2D eigenvalue weighted by Gasteiger charge is -2.33. The maximum absolute atomic E-state index is 14.4. The van der Waals surface area contributed by atoms with E-state index in [1.165, 1.54) is 31.5 Å². The maximum atomic E-state index is 14.4.